The first-order valence-electron chi connectivity index (χ1n) is 12.4. The summed E-state index contributed by atoms with van der Waals surface area (Å²) >= 11 is 6.58. The Morgan fingerprint density at radius 2 is 1.97 bits per heavy atom. The molecule has 1 fully saturated rings. The molecule has 6 nitrogen and oxygen atoms in total. The van der Waals surface area contributed by atoms with E-state index in [4.69, 9.17) is 21.1 Å². The van der Waals surface area contributed by atoms with Crippen LogP contribution in [0.15, 0.2) is 42.5 Å². The van der Waals surface area contributed by atoms with Gasteiger partial charge in [-0.1, -0.05) is 41.9 Å². The van der Waals surface area contributed by atoms with E-state index in [-0.39, 0.29) is 45.9 Å². The first-order chi connectivity index (χ1) is 17.9. The number of halogens is 3. The molecule has 3 heterocycles. The van der Waals surface area contributed by atoms with Crippen molar-refractivity contribution in [1.29, 1.82) is 0 Å². The molecule has 9 heteroatoms. The zero-order valence-electron chi connectivity index (χ0n) is 20.2. The Balaban J connectivity index is 1.60. The molecule has 1 saturated heterocycles. The summed E-state index contributed by atoms with van der Waals surface area (Å²) in [5.74, 6) is -1.78. The third-order valence-corrected chi connectivity index (χ3v) is 7.88. The van der Waals surface area contributed by atoms with Crippen LogP contribution in [0.5, 0.6) is 11.5 Å². The van der Waals surface area contributed by atoms with Crippen LogP contribution in [-0.4, -0.2) is 38.7 Å². The molecule has 3 aliphatic heterocycles. The first kappa shape index (κ1) is 24.0. The van der Waals surface area contributed by atoms with Gasteiger partial charge in [0.2, 0.25) is 0 Å². The predicted molar refractivity (Wildman–Crippen MR) is 138 cm³/mol. The molecule has 2 atom stereocenters. The minimum absolute atomic E-state index is 0.0197. The van der Waals surface area contributed by atoms with Gasteiger partial charge in [0.1, 0.15) is 18.2 Å². The molecule has 3 aromatic carbocycles. The van der Waals surface area contributed by atoms with Gasteiger partial charge >= 0.3 is 0 Å². The Bertz CT molecular complexity index is 1400. The molecule has 0 spiro atoms. The van der Waals surface area contributed by atoms with Gasteiger partial charge in [0.15, 0.2) is 17.2 Å². The normalized spacial score (nSPS) is 21.9. The van der Waals surface area contributed by atoms with Gasteiger partial charge in [-0.3, -0.25) is 4.79 Å². The molecule has 0 unspecified atom stereocenters. The predicted octanol–water partition coefficient (Wildman–Crippen LogP) is 5.03. The van der Waals surface area contributed by atoms with E-state index >= 15 is 8.78 Å². The Hall–Kier alpha value is -3.36. The third-order valence-electron chi connectivity index (χ3n) is 7.51. The average molecular weight is 526 g/mol. The molecule has 0 saturated carbocycles. The summed E-state index contributed by atoms with van der Waals surface area (Å²) in [5, 5.41) is 8.90. The van der Waals surface area contributed by atoms with Crippen LogP contribution in [0.2, 0.25) is 5.02 Å². The molecule has 37 heavy (non-hydrogen) atoms. The van der Waals surface area contributed by atoms with Crippen molar-refractivity contribution in [2.75, 3.05) is 32.1 Å². The number of nitrogens with one attached hydrogen (secondary N) is 3. The van der Waals surface area contributed by atoms with Gasteiger partial charge in [0.25, 0.3) is 5.91 Å². The lowest BCUT2D eigenvalue weighted by molar-refractivity contribution is 0.0539. The second-order valence-corrected chi connectivity index (χ2v) is 9.93. The summed E-state index contributed by atoms with van der Waals surface area (Å²) in [6.07, 6.45) is 2.17. The number of anilines is 1. The number of fused-ring (bicyclic) bond motifs is 2. The van der Waals surface area contributed by atoms with E-state index in [1.165, 1.54) is 19.2 Å². The Kier molecular flexibility index (Phi) is 5.96. The number of amides is 1. The summed E-state index contributed by atoms with van der Waals surface area (Å²) in [6.45, 7) is 1.56. The van der Waals surface area contributed by atoms with Crippen molar-refractivity contribution in [3.05, 3.63) is 75.8 Å². The smallest absolute Gasteiger partial charge is 0.251 e. The van der Waals surface area contributed by atoms with Crippen molar-refractivity contribution < 1.29 is 23.0 Å². The molecule has 0 aliphatic carbocycles. The van der Waals surface area contributed by atoms with Crippen LogP contribution in [0.4, 0.5) is 14.5 Å². The molecule has 3 aromatic rings. The molecular weight excluding hydrogens is 500 g/mol. The van der Waals surface area contributed by atoms with Gasteiger partial charge in [0, 0.05) is 42.8 Å². The summed E-state index contributed by atoms with van der Waals surface area (Å²) < 4.78 is 43.8. The van der Waals surface area contributed by atoms with Crippen LogP contribution in [0, 0.1) is 11.6 Å². The van der Waals surface area contributed by atoms with E-state index in [1.54, 1.807) is 0 Å². The third kappa shape index (κ3) is 3.73. The van der Waals surface area contributed by atoms with E-state index in [9.17, 15) is 4.79 Å². The number of rotatable bonds is 4. The minimum atomic E-state index is -0.845. The fourth-order valence-electron chi connectivity index (χ4n) is 5.82. The van der Waals surface area contributed by atoms with Crippen molar-refractivity contribution in [2.45, 2.75) is 30.9 Å². The summed E-state index contributed by atoms with van der Waals surface area (Å²) in [7, 11) is 1.46. The fourth-order valence-corrected chi connectivity index (χ4v) is 6.09. The Morgan fingerprint density at radius 3 is 2.70 bits per heavy atom. The van der Waals surface area contributed by atoms with Crippen molar-refractivity contribution in [3.8, 4) is 22.6 Å². The van der Waals surface area contributed by atoms with E-state index in [0.717, 1.165) is 24.9 Å². The van der Waals surface area contributed by atoms with E-state index in [1.807, 2.05) is 30.3 Å². The molecule has 0 bridgehead atoms. The molecule has 192 valence electrons. The van der Waals surface area contributed by atoms with Crippen LogP contribution in [-0.2, 0) is 12.0 Å². The molecule has 0 aromatic heterocycles. The monoisotopic (exact) mass is 525 g/mol. The van der Waals surface area contributed by atoms with Gasteiger partial charge < -0.3 is 25.4 Å². The van der Waals surface area contributed by atoms with Crippen molar-refractivity contribution in [1.82, 2.24) is 10.6 Å². The van der Waals surface area contributed by atoms with Crippen molar-refractivity contribution in [3.63, 3.8) is 0 Å². The highest BCUT2D eigenvalue weighted by Gasteiger charge is 2.50. The lowest BCUT2D eigenvalue weighted by atomic mass is 9.80. The van der Waals surface area contributed by atoms with Crippen LogP contribution >= 0.6 is 11.6 Å². The highest BCUT2D eigenvalue weighted by molar-refractivity contribution is 6.34. The van der Waals surface area contributed by atoms with Crippen LogP contribution in [0.1, 0.15) is 34.3 Å². The maximum atomic E-state index is 16.2. The van der Waals surface area contributed by atoms with Crippen molar-refractivity contribution in [2.24, 2.45) is 0 Å². The molecule has 3 N–H and O–H groups in total. The summed E-state index contributed by atoms with van der Waals surface area (Å²) in [5.41, 5.74) is 1.04. The summed E-state index contributed by atoms with van der Waals surface area (Å²) in [6, 6.07) is 12.5. The molecular formula is C28H26ClF2N3O3. The van der Waals surface area contributed by atoms with Gasteiger partial charge in [-0.05, 0) is 31.0 Å². The van der Waals surface area contributed by atoms with Gasteiger partial charge in [0.05, 0.1) is 22.3 Å². The van der Waals surface area contributed by atoms with Crippen LogP contribution in [0.25, 0.3) is 11.1 Å². The number of ether oxygens (including phenoxy) is 2. The van der Waals surface area contributed by atoms with Gasteiger partial charge in [-0.15, -0.1) is 0 Å². The minimum Gasteiger partial charge on any atom is -0.486 e. The SMILES string of the molecule is CNC(=O)c1cc2c(c(F)c1-c1c(Cl)c(F)cc3c1C[C@](c1ccccc1)([C@@H]1CCCN1)O3)OCCN2. The maximum Gasteiger partial charge on any atom is 0.251 e. The quantitative estimate of drug-likeness (QED) is 0.445. The second-order valence-electron chi connectivity index (χ2n) is 9.55. The van der Waals surface area contributed by atoms with Gasteiger partial charge in [-0.25, -0.2) is 8.78 Å². The summed E-state index contributed by atoms with van der Waals surface area (Å²) in [4.78, 5) is 13.0. The fraction of sp³-hybridized carbons (Fsp3) is 0.321. The maximum absolute atomic E-state index is 16.2. The molecule has 6 rings (SSSR count). The van der Waals surface area contributed by atoms with Gasteiger partial charge in [-0.2, -0.15) is 0 Å². The topological polar surface area (TPSA) is 71.6 Å². The molecule has 1 amide bonds. The van der Waals surface area contributed by atoms with E-state index in [0.29, 0.717) is 24.2 Å². The number of hydrogen-bond donors (Lipinski definition) is 3. The number of carbonyl (C=O) groups is 1. The highest BCUT2D eigenvalue weighted by atomic mass is 35.5. The lowest BCUT2D eigenvalue weighted by Crippen LogP contribution is -2.48. The lowest BCUT2D eigenvalue weighted by Gasteiger charge is -2.35. The molecule has 0 radical (unpaired) electrons. The highest BCUT2D eigenvalue weighted by Crippen LogP contribution is 2.53. The number of benzene rings is 3. The van der Waals surface area contributed by atoms with Crippen molar-refractivity contribution >= 4 is 23.2 Å². The standard InChI is InChI=1S/C28H26ClF2N3O3/c1-32-27(35)16-12-19-26(36-11-10-33-19)25(31)23(16)22-17-14-28(21-8-5-9-34-21,15-6-3-2-4-7-15)37-20(17)13-18(30)24(22)29/h2-4,6-7,12-13,21,33-34H,5,8-11,14H2,1H3,(H,32,35)/t21-,28-/m0/s1. The van der Waals surface area contributed by atoms with Crippen LogP contribution < -0.4 is 25.4 Å². The van der Waals surface area contributed by atoms with E-state index < -0.39 is 23.1 Å². The average Bonchev–Trinajstić information content (AvgIpc) is 3.59. The number of hydrogen-bond acceptors (Lipinski definition) is 5. The van der Waals surface area contributed by atoms with Crippen LogP contribution in [0.3, 0.4) is 0 Å². The number of carbonyl (C=O) groups excluding carboxylic acids is 1. The zero-order valence-corrected chi connectivity index (χ0v) is 21.0. The zero-order chi connectivity index (χ0) is 25.7. The van der Waals surface area contributed by atoms with E-state index in [2.05, 4.69) is 16.0 Å². The largest absolute Gasteiger partial charge is 0.486 e. The molecule has 3 aliphatic rings. The Labute approximate surface area is 218 Å². The second kappa shape index (κ2) is 9.19. The Morgan fingerprint density at radius 1 is 1.16 bits per heavy atom. The first-order valence-corrected chi connectivity index (χ1v) is 12.8.